The maximum absolute atomic E-state index is 6.44. The smallest absolute Gasteiger partial charge is 0.0430 e. The Bertz CT molecular complexity index is 545. The number of rotatable bonds is 6. The summed E-state index contributed by atoms with van der Waals surface area (Å²) in [6, 6.07) is 14.9. The molecule has 2 aromatic carbocycles. The van der Waals surface area contributed by atoms with E-state index in [-0.39, 0.29) is 6.04 Å². The van der Waals surface area contributed by atoms with E-state index in [2.05, 4.69) is 68.3 Å². The predicted octanol–water partition coefficient (Wildman–Crippen LogP) is 3.82. The Morgan fingerprint density at radius 2 is 1.75 bits per heavy atom. The fourth-order valence-electron chi connectivity index (χ4n) is 2.74. The van der Waals surface area contributed by atoms with Gasteiger partial charge in [-0.3, -0.25) is 0 Å². The van der Waals surface area contributed by atoms with Crippen molar-refractivity contribution in [2.75, 3.05) is 20.1 Å². The Hall–Kier alpha value is -1.38. The van der Waals surface area contributed by atoms with Crippen LogP contribution in [0.5, 0.6) is 0 Å². The van der Waals surface area contributed by atoms with E-state index >= 15 is 0 Å². The number of nitrogens with zero attached hydrogens (tertiary/aromatic N) is 1. The van der Waals surface area contributed by atoms with Crippen LogP contribution in [0.2, 0.25) is 0 Å². The Kier molecular flexibility index (Phi) is 5.16. The highest BCUT2D eigenvalue weighted by Gasteiger charge is 2.13. The lowest BCUT2D eigenvalue weighted by Gasteiger charge is -2.24. The molecule has 0 aromatic heterocycles. The van der Waals surface area contributed by atoms with E-state index in [0.29, 0.717) is 0 Å². The number of fused-ring (bicyclic) bond motifs is 1. The van der Waals surface area contributed by atoms with Gasteiger partial charge in [0, 0.05) is 19.1 Å². The van der Waals surface area contributed by atoms with Gasteiger partial charge in [0.15, 0.2) is 0 Å². The summed E-state index contributed by atoms with van der Waals surface area (Å²) in [5, 5.41) is 2.55. The minimum absolute atomic E-state index is 0.0650. The summed E-state index contributed by atoms with van der Waals surface area (Å²) in [5.74, 6) is 0.722. The van der Waals surface area contributed by atoms with Gasteiger partial charge in [-0.1, -0.05) is 62.7 Å². The number of likely N-dealkylation sites (N-methyl/N-ethyl adjacent to an activating group) is 1. The van der Waals surface area contributed by atoms with Gasteiger partial charge in [-0.15, -0.1) is 0 Å². The van der Waals surface area contributed by atoms with Gasteiger partial charge in [-0.25, -0.2) is 0 Å². The number of nitrogens with two attached hydrogens (primary N) is 1. The van der Waals surface area contributed by atoms with Gasteiger partial charge in [-0.05, 0) is 29.3 Å². The largest absolute Gasteiger partial charge is 0.323 e. The summed E-state index contributed by atoms with van der Waals surface area (Å²) in [7, 11) is 2.16. The van der Waals surface area contributed by atoms with Crippen molar-refractivity contribution >= 4 is 10.8 Å². The van der Waals surface area contributed by atoms with E-state index in [0.717, 1.165) is 19.0 Å². The summed E-state index contributed by atoms with van der Waals surface area (Å²) in [6.07, 6.45) is 1.22. The van der Waals surface area contributed by atoms with Gasteiger partial charge in [0.25, 0.3) is 0 Å². The minimum Gasteiger partial charge on any atom is -0.323 e. The first-order valence-electron chi connectivity index (χ1n) is 7.53. The van der Waals surface area contributed by atoms with Crippen LogP contribution >= 0.6 is 0 Å². The third-order valence-electron chi connectivity index (χ3n) is 4.05. The lowest BCUT2D eigenvalue weighted by Crippen LogP contribution is -2.32. The normalized spacial score (nSPS) is 14.7. The lowest BCUT2D eigenvalue weighted by molar-refractivity contribution is 0.268. The molecular weight excluding hydrogens is 244 g/mol. The maximum atomic E-state index is 6.44. The fraction of sp³-hybridized carbons (Fsp3) is 0.444. The Morgan fingerprint density at radius 1 is 1.05 bits per heavy atom. The van der Waals surface area contributed by atoms with Crippen molar-refractivity contribution in [3.8, 4) is 0 Å². The van der Waals surface area contributed by atoms with E-state index in [9.17, 15) is 0 Å². The zero-order chi connectivity index (χ0) is 14.5. The average Bonchev–Trinajstić information content (AvgIpc) is 2.46. The predicted molar refractivity (Wildman–Crippen MR) is 87.8 cm³/mol. The van der Waals surface area contributed by atoms with Crippen LogP contribution in [-0.2, 0) is 0 Å². The first kappa shape index (κ1) is 15.0. The highest BCUT2D eigenvalue weighted by molar-refractivity contribution is 5.86. The summed E-state index contributed by atoms with van der Waals surface area (Å²) < 4.78 is 0. The SMILES string of the molecule is CCC(C)CN(C)CC(N)c1cccc2ccccc12. The van der Waals surface area contributed by atoms with Crippen LogP contribution in [0.4, 0.5) is 0 Å². The molecule has 0 heterocycles. The molecule has 2 aromatic rings. The second-order valence-corrected chi connectivity index (χ2v) is 5.91. The molecule has 2 unspecified atom stereocenters. The molecule has 2 N–H and O–H groups in total. The van der Waals surface area contributed by atoms with Gasteiger partial charge in [0.1, 0.15) is 0 Å². The third kappa shape index (κ3) is 3.59. The molecule has 2 atom stereocenters. The van der Waals surface area contributed by atoms with E-state index in [1.165, 1.54) is 22.8 Å². The molecule has 0 aliphatic carbocycles. The molecule has 0 fully saturated rings. The molecule has 0 aliphatic rings. The Labute approximate surface area is 122 Å². The van der Waals surface area contributed by atoms with Crippen LogP contribution in [0.1, 0.15) is 31.9 Å². The highest BCUT2D eigenvalue weighted by Crippen LogP contribution is 2.23. The van der Waals surface area contributed by atoms with Crippen LogP contribution < -0.4 is 5.73 Å². The van der Waals surface area contributed by atoms with Crippen LogP contribution in [0, 0.1) is 5.92 Å². The van der Waals surface area contributed by atoms with E-state index in [1.54, 1.807) is 0 Å². The zero-order valence-electron chi connectivity index (χ0n) is 12.8. The molecule has 2 heteroatoms. The van der Waals surface area contributed by atoms with E-state index < -0.39 is 0 Å². The zero-order valence-corrected chi connectivity index (χ0v) is 12.8. The highest BCUT2D eigenvalue weighted by atomic mass is 15.1. The standard InChI is InChI=1S/C18H26N2/c1-4-14(2)12-20(3)13-18(19)17-11-7-9-15-8-5-6-10-16(15)17/h5-11,14,18H,4,12-13,19H2,1-3H3. The topological polar surface area (TPSA) is 29.3 Å². The maximum Gasteiger partial charge on any atom is 0.0430 e. The Balaban J connectivity index is 2.13. The van der Waals surface area contributed by atoms with E-state index in [4.69, 9.17) is 5.73 Å². The first-order valence-corrected chi connectivity index (χ1v) is 7.53. The summed E-state index contributed by atoms with van der Waals surface area (Å²) in [5.41, 5.74) is 7.69. The second-order valence-electron chi connectivity index (χ2n) is 5.91. The van der Waals surface area contributed by atoms with Crippen LogP contribution in [-0.4, -0.2) is 25.0 Å². The molecule has 0 amide bonds. The molecule has 20 heavy (non-hydrogen) atoms. The van der Waals surface area contributed by atoms with Crippen LogP contribution in [0.3, 0.4) is 0 Å². The molecule has 0 saturated carbocycles. The molecule has 2 rings (SSSR count). The van der Waals surface area contributed by atoms with Gasteiger partial charge in [-0.2, -0.15) is 0 Å². The molecule has 0 saturated heterocycles. The molecule has 2 nitrogen and oxygen atoms in total. The fourth-order valence-corrected chi connectivity index (χ4v) is 2.74. The van der Waals surface area contributed by atoms with Gasteiger partial charge in [0.05, 0.1) is 0 Å². The number of hydrogen-bond acceptors (Lipinski definition) is 2. The summed E-state index contributed by atoms with van der Waals surface area (Å²) >= 11 is 0. The quantitative estimate of drug-likeness (QED) is 0.864. The molecular formula is C18H26N2. The molecule has 0 aliphatic heterocycles. The van der Waals surface area contributed by atoms with Crippen molar-refractivity contribution in [3.05, 3.63) is 48.0 Å². The monoisotopic (exact) mass is 270 g/mol. The number of hydrogen-bond donors (Lipinski definition) is 1. The van der Waals surface area contributed by atoms with Crippen molar-refractivity contribution in [1.29, 1.82) is 0 Å². The van der Waals surface area contributed by atoms with Crippen molar-refractivity contribution in [2.45, 2.75) is 26.3 Å². The van der Waals surface area contributed by atoms with Crippen molar-refractivity contribution in [3.63, 3.8) is 0 Å². The van der Waals surface area contributed by atoms with Crippen molar-refractivity contribution < 1.29 is 0 Å². The molecule has 0 radical (unpaired) electrons. The van der Waals surface area contributed by atoms with Crippen molar-refractivity contribution in [1.82, 2.24) is 4.90 Å². The molecule has 0 bridgehead atoms. The van der Waals surface area contributed by atoms with Gasteiger partial charge >= 0.3 is 0 Å². The van der Waals surface area contributed by atoms with Crippen LogP contribution in [0.25, 0.3) is 10.8 Å². The van der Waals surface area contributed by atoms with Gasteiger partial charge < -0.3 is 10.6 Å². The first-order chi connectivity index (χ1) is 9.61. The minimum atomic E-state index is 0.0650. The third-order valence-corrected chi connectivity index (χ3v) is 4.05. The van der Waals surface area contributed by atoms with Crippen molar-refractivity contribution in [2.24, 2.45) is 11.7 Å². The Morgan fingerprint density at radius 3 is 2.50 bits per heavy atom. The van der Waals surface area contributed by atoms with Gasteiger partial charge in [0.2, 0.25) is 0 Å². The molecule has 108 valence electrons. The average molecular weight is 270 g/mol. The second kappa shape index (κ2) is 6.87. The molecule has 0 spiro atoms. The lowest BCUT2D eigenvalue weighted by atomic mass is 9.98. The summed E-state index contributed by atoms with van der Waals surface area (Å²) in [4.78, 5) is 2.35. The van der Waals surface area contributed by atoms with Crippen LogP contribution in [0.15, 0.2) is 42.5 Å². The summed E-state index contributed by atoms with van der Waals surface area (Å²) in [6.45, 7) is 6.54. The number of benzene rings is 2. The van der Waals surface area contributed by atoms with E-state index in [1.807, 2.05) is 0 Å².